The molecule has 2 rings (SSSR count). The first-order valence-corrected chi connectivity index (χ1v) is 7.78. The predicted molar refractivity (Wildman–Crippen MR) is 76.4 cm³/mol. The van der Waals surface area contributed by atoms with E-state index in [4.69, 9.17) is 5.11 Å². The van der Waals surface area contributed by atoms with Crippen LogP contribution in [0, 0.1) is 6.92 Å². The highest BCUT2D eigenvalue weighted by atomic mass is 32.2. The molecule has 1 aromatic heterocycles. The summed E-state index contributed by atoms with van der Waals surface area (Å²) < 4.78 is 28.4. The summed E-state index contributed by atoms with van der Waals surface area (Å²) in [6.07, 6.45) is 0. The minimum Gasteiger partial charge on any atom is -0.476 e. The summed E-state index contributed by atoms with van der Waals surface area (Å²) in [7, 11) is -3.93. The van der Waals surface area contributed by atoms with Crippen LogP contribution in [0.2, 0.25) is 0 Å². The lowest BCUT2D eigenvalue weighted by molar-refractivity contribution is 0.0692. The number of carboxylic acids is 1. The van der Waals surface area contributed by atoms with Gasteiger partial charge in [-0.15, -0.1) is 11.3 Å². The Morgan fingerprint density at radius 2 is 2.00 bits per heavy atom. The average Bonchev–Trinajstić information content (AvgIpc) is 2.79. The Morgan fingerprint density at radius 3 is 2.65 bits per heavy atom. The number of rotatable bonds is 5. The van der Waals surface area contributed by atoms with Gasteiger partial charge >= 0.3 is 16.2 Å². The molecule has 1 aromatic carbocycles. The Labute approximate surface area is 119 Å². The molecule has 0 saturated carbocycles. The number of hydrogen-bond acceptors (Lipinski definition) is 5. The van der Waals surface area contributed by atoms with Crippen molar-refractivity contribution in [3.8, 4) is 0 Å². The average molecular weight is 313 g/mol. The molecule has 3 N–H and O–H groups in total. The largest absolute Gasteiger partial charge is 0.476 e. The Bertz CT molecular complexity index is 740. The van der Waals surface area contributed by atoms with E-state index in [9.17, 15) is 13.2 Å². The number of aromatic nitrogens is 1. The first-order valence-electron chi connectivity index (χ1n) is 5.42. The topological polar surface area (TPSA) is 108 Å². The number of hydrogen-bond donors (Lipinski definition) is 3. The normalized spacial score (nSPS) is 11.1. The quantitative estimate of drug-likeness (QED) is 0.781. The summed E-state index contributed by atoms with van der Waals surface area (Å²) in [6, 6.07) is 6.85. The molecular weight excluding hydrogens is 302 g/mol. The summed E-state index contributed by atoms with van der Waals surface area (Å²) in [5.41, 5.74) is 2.10. The van der Waals surface area contributed by atoms with Crippen molar-refractivity contribution < 1.29 is 18.3 Å². The van der Waals surface area contributed by atoms with E-state index in [1.54, 1.807) is 31.2 Å². The minimum atomic E-state index is -3.93. The van der Waals surface area contributed by atoms with E-state index in [-0.39, 0.29) is 10.7 Å². The van der Waals surface area contributed by atoms with Gasteiger partial charge < -0.3 is 5.11 Å². The number of nitrogens with one attached hydrogen (secondary N) is 2. The zero-order chi connectivity index (χ0) is 14.8. The Balaban J connectivity index is 2.22. The highest BCUT2D eigenvalue weighted by Gasteiger charge is 2.19. The Morgan fingerprint density at radius 1 is 1.30 bits per heavy atom. The van der Waals surface area contributed by atoms with E-state index in [0.717, 1.165) is 16.9 Å². The molecule has 0 saturated heterocycles. The maximum atomic E-state index is 12.0. The third-order valence-electron chi connectivity index (χ3n) is 2.39. The SMILES string of the molecule is Cc1ccccc1NS(=O)(=O)Nc1scnc1C(=O)O. The molecule has 1 heterocycles. The summed E-state index contributed by atoms with van der Waals surface area (Å²) in [5.74, 6) is -1.29. The van der Waals surface area contributed by atoms with Crippen LogP contribution in [-0.2, 0) is 10.2 Å². The lowest BCUT2D eigenvalue weighted by Crippen LogP contribution is -2.22. The molecule has 0 aliphatic carbocycles. The van der Waals surface area contributed by atoms with Gasteiger partial charge in [0, 0.05) is 0 Å². The van der Waals surface area contributed by atoms with Crippen LogP contribution in [0.25, 0.3) is 0 Å². The fraction of sp³-hybridized carbons (Fsp3) is 0.0909. The van der Waals surface area contributed by atoms with E-state index in [0.29, 0.717) is 5.69 Å². The van der Waals surface area contributed by atoms with Crippen molar-refractivity contribution in [2.45, 2.75) is 6.92 Å². The number of carboxylic acid groups (broad SMARTS) is 1. The van der Waals surface area contributed by atoms with Crippen LogP contribution in [0.5, 0.6) is 0 Å². The van der Waals surface area contributed by atoms with E-state index in [1.165, 1.54) is 5.51 Å². The summed E-state index contributed by atoms with van der Waals surface area (Å²) in [5, 5.41) is 8.83. The standard InChI is InChI=1S/C11H11N3O4S2/c1-7-4-2-3-5-8(7)13-20(17,18)14-10-9(11(15)16)12-6-19-10/h2-6,13-14H,1H3,(H,15,16). The number of thiazole rings is 1. The number of aryl methyl sites for hydroxylation is 1. The van der Waals surface area contributed by atoms with Crippen molar-refractivity contribution in [3.63, 3.8) is 0 Å². The summed E-state index contributed by atoms with van der Waals surface area (Å²) in [4.78, 5) is 14.5. The number of nitrogens with zero attached hydrogens (tertiary/aromatic N) is 1. The molecule has 20 heavy (non-hydrogen) atoms. The number of benzene rings is 1. The maximum absolute atomic E-state index is 12.0. The van der Waals surface area contributed by atoms with Crippen LogP contribution in [0.15, 0.2) is 29.8 Å². The van der Waals surface area contributed by atoms with Gasteiger partial charge in [-0.25, -0.2) is 9.78 Å². The molecular formula is C11H11N3O4S2. The van der Waals surface area contributed by atoms with Crippen molar-refractivity contribution in [2.75, 3.05) is 9.44 Å². The third kappa shape index (κ3) is 3.25. The monoisotopic (exact) mass is 313 g/mol. The van der Waals surface area contributed by atoms with Crippen molar-refractivity contribution in [3.05, 3.63) is 41.0 Å². The van der Waals surface area contributed by atoms with Gasteiger partial charge in [0.2, 0.25) is 0 Å². The molecule has 0 aliphatic heterocycles. The zero-order valence-electron chi connectivity index (χ0n) is 10.3. The number of carbonyl (C=O) groups is 1. The van der Waals surface area contributed by atoms with Gasteiger partial charge in [-0.3, -0.25) is 9.44 Å². The molecule has 0 unspecified atom stereocenters. The second-order valence-electron chi connectivity index (χ2n) is 3.86. The molecule has 0 fully saturated rings. The molecule has 106 valence electrons. The summed E-state index contributed by atoms with van der Waals surface area (Å²) in [6.45, 7) is 1.76. The van der Waals surface area contributed by atoms with Gasteiger partial charge in [0.1, 0.15) is 5.00 Å². The van der Waals surface area contributed by atoms with E-state index in [2.05, 4.69) is 14.4 Å². The van der Waals surface area contributed by atoms with Crippen LogP contribution >= 0.6 is 11.3 Å². The number of aromatic carboxylic acids is 1. The molecule has 2 aromatic rings. The molecule has 0 radical (unpaired) electrons. The van der Waals surface area contributed by atoms with Crippen molar-refractivity contribution in [1.29, 1.82) is 0 Å². The summed E-state index contributed by atoms with van der Waals surface area (Å²) >= 11 is 0.897. The smallest absolute Gasteiger partial charge is 0.357 e. The highest BCUT2D eigenvalue weighted by molar-refractivity contribution is 7.94. The van der Waals surface area contributed by atoms with E-state index >= 15 is 0 Å². The first-order chi connectivity index (χ1) is 9.39. The Hall–Kier alpha value is -2.13. The van der Waals surface area contributed by atoms with Crippen LogP contribution in [0.1, 0.15) is 16.1 Å². The Kier molecular flexibility index (Phi) is 3.91. The lowest BCUT2D eigenvalue weighted by Gasteiger charge is -2.11. The third-order valence-corrected chi connectivity index (χ3v) is 4.22. The zero-order valence-corrected chi connectivity index (χ0v) is 12.0. The highest BCUT2D eigenvalue weighted by Crippen LogP contribution is 2.22. The van der Waals surface area contributed by atoms with Gasteiger partial charge in [0.15, 0.2) is 5.69 Å². The van der Waals surface area contributed by atoms with Crippen molar-refractivity contribution in [1.82, 2.24) is 4.98 Å². The molecule has 0 spiro atoms. The van der Waals surface area contributed by atoms with Gasteiger partial charge in [-0.05, 0) is 18.6 Å². The van der Waals surface area contributed by atoms with Crippen LogP contribution < -0.4 is 9.44 Å². The van der Waals surface area contributed by atoms with E-state index in [1.807, 2.05) is 0 Å². The van der Waals surface area contributed by atoms with Crippen molar-refractivity contribution >= 4 is 38.2 Å². The van der Waals surface area contributed by atoms with Crippen LogP contribution in [0.3, 0.4) is 0 Å². The predicted octanol–water partition coefficient (Wildman–Crippen LogP) is 1.92. The second kappa shape index (κ2) is 5.47. The second-order valence-corrected chi connectivity index (χ2v) is 6.13. The number of anilines is 2. The fourth-order valence-electron chi connectivity index (χ4n) is 1.45. The number of para-hydroxylation sites is 1. The lowest BCUT2D eigenvalue weighted by atomic mass is 10.2. The molecule has 0 bridgehead atoms. The fourth-order valence-corrected chi connectivity index (χ4v) is 3.40. The van der Waals surface area contributed by atoms with Crippen LogP contribution in [0.4, 0.5) is 10.7 Å². The molecule has 0 atom stereocenters. The van der Waals surface area contributed by atoms with Gasteiger partial charge in [0.05, 0.1) is 11.2 Å². The minimum absolute atomic E-state index is 0.0430. The first kappa shape index (κ1) is 14.3. The van der Waals surface area contributed by atoms with Crippen LogP contribution in [-0.4, -0.2) is 24.5 Å². The molecule has 9 heteroatoms. The maximum Gasteiger partial charge on any atom is 0.357 e. The molecule has 7 nitrogen and oxygen atoms in total. The van der Waals surface area contributed by atoms with E-state index < -0.39 is 16.2 Å². The molecule has 0 amide bonds. The van der Waals surface area contributed by atoms with Gasteiger partial charge in [0.25, 0.3) is 0 Å². The van der Waals surface area contributed by atoms with Gasteiger partial charge in [-0.2, -0.15) is 8.42 Å². The van der Waals surface area contributed by atoms with Gasteiger partial charge in [-0.1, -0.05) is 18.2 Å². The molecule has 0 aliphatic rings. The van der Waals surface area contributed by atoms with Crippen molar-refractivity contribution in [2.24, 2.45) is 0 Å².